The minimum Gasteiger partial charge on any atom is -0.368 e. The molecule has 10 heteroatoms. The molecule has 0 bridgehead atoms. The van der Waals surface area contributed by atoms with Crippen LogP contribution < -0.4 is 10.2 Å². The van der Waals surface area contributed by atoms with Crippen molar-refractivity contribution in [3.05, 3.63) is 96.5 Å². The average Bonchev–Trinajstić information content (AvgIpc) is 3.45. The number of halogens is 1. The van der Waals surface area contributed by atoms with Gasteiger partial charge in [0.25, 0.3) is 11.8 Å². The number of rotatable bonds is 5. The topological polar surface area (TPSA) is 96.2 Å². The van der Waals surface area contributed by atoms with Crippen molar-refractivity contribution in [1.29, 1.82) is 0 Å². The van der Waals surface area contributed by atoms with Crippen LogP contribution in [0, 0.1) is 5.82 Å². The third-order valence-electron chi connectivity index (χ3n) is 5.81. The van der Waals surface area contributed by atoms with E-state index in [1.54, 1.807) is 39.8 Å². The Kier molecular flexibility index (Phi) is 6.16. The van der Waals surface area contributed by atoms with Crippen LogP contribution in [0.3, 0.4) is 0 Å². The largest absolute Gasteiger partial charge is 0.368 e. The van der Waals surface area contributed by atoms with E-state index in [9.17, 15) is 14.0 Å². The number of amides is 2. The van der Waals surface area contributed by atoms with E-state index in [0.29, 0.717) is 37.7 Å². The second kappa shape index (κ2) is 9.72. The summed E-state index contributed by atoms with van der Waals surface area (Å²) in [5.74, 6) is -0.570. The van der Waals surface area contributed by atoms with E-state index in [1.165, 1.54) is 24.8 Å². The lowest BCUT2D eigenvalue weighted by Crippen LogP contribution is -2.49. The molecule has 3 heterocycles. The van der Waals surface area contributed by atoms with Gasteiger partial charge in [-0.2, -0.15) is 0 Å². The fourth-order valence-electron chi connectivity index (χ4n) is 3.94. The lowest BCUT2D eigenvalue weighted by atomic mass is 10.1. The Bertz CT molecular complexity index is 1330. The summed E-state index contributed by atoms with van der Waals surface area (Å²) in [6, 6.07) is 18.7. The van der Waals surface area contributed by atoms with Crippen molar-refractivity contribution in [2.75, 3.05) is 36.4 Å². The molecule has 1 saturated heterocycles. The SMILES string of the molecule is O=C(Nc1ccc(N2CCN(C(=O)c3ccccc3F)CC2)cc1)c1cccc(-n2cnnc2)n1. The molecule has 0 radical (unpaired) electrons. The van der Waals surface area contributed by atoms with Gasteiger partial charge >= 0.3 is 0 Å². The first kappa shape index (κ1) is 22.2. The first-order valence-electron chi connectivity index (χ1n) is 11.1. The number of benzene rings is 2. The third-order valence-corrected chi connectivity index (χ3v) is 5.81. The second-order valence-corrected chi connectivity index (χ2v) is 8.01. The first-order valence-corrected chi connectivity index (χ1v) is 11.1. The molecule has 9 nitrogen and oxygen atoms in total. The van der Waals surface area contributed by atoms with Gasteiger partial charge in [-0.15, -0.1) is 10.2 Å². The van der Waals surface area contributed by atoms with Crippen LogP contribution in [0.5, 0.6) is 0 Å². The van der Waals surface area contributed by atoms with Crippen LogP contribution in [0.15, 0.2) is 79.4 Å². The predicted octanol–water partition coefficient (Wildman–Crippen LogP) is 3.02. The van der Waals surface area contributed by atoms with Crippen LogP contribution in [0.4, 0.5) is 15.8 Å². The van der Waals surface area contributed by atoms with Crippen LogP contribution in [-0.4, -0.2) is 62.6 Å². The van der Waals surface area contributed by atoms with Gasteiger partial charge in [-0.05, 0) is 48.5 Å². The van der Waals surface area contributed by atoms with Gasteiger partial charge in [-0.3, -0.25) is 14.2 Å². The maximum absolute atomic E-state index is 14.0. The molecule has 35 heavy (non-hydrogen) atoms. The minimum atomic E-state index is -0.502. The van der Waals surface area contributed by atoms with E-state index < -0.39 is 5.82 Å². The van der Waals surface area contributed by atoms with Gasteiger partial charge in [0.15, 0.2) is 0 Å². The zero-order valence-corrected chi connectivity index (χ0v) is 18.7. The molecule has 4 aromatic rings. The summed E-state index contributed by atoms with van der Waals surface area (Å²) in [6.45, 7) is 2.26. The molecule has 0 spiro atoms. The number of carbonyl (C=O) groups excluding carboxylic acids is 2. The fourth-order valence-corrected chi connectivity index (χ4v) is 3.94. The molecule has 2 amide bonds. The number of nitrogens with one attached hydrogen (secondary N) is 1. The van der Waals surface area contributed by atoms with Gasteiger partial charge in [-0.25, -0.2) is 9.37 Å². The first-order chi connectivity index (χ1) is 17.1. The van der Waals surface area contributed by atoms with Crippen molar-refractivity contribution >= 4 is 23.2 Å². The van der Waals surface area contributed by atoms with E-state index in [1.807, 2.05) is 24.3 Å². The zero-order valence-electron chi connectivity index (χ0n) is 18.7. The maximum atomic E-state index is 14.0. The number of hydrogen-bond donors (Lipinski definition) is 1. The summed E-state index contributed by atoms with van der Waals surface area (Å²) in [5, 5.41) is 10.4. The highest BCUT2D eigenvalue weighted by atomic mass is 19.1. The lowest BCUT2D eigenvalue weighted by molar-refractivity contribution is 0.0742. The normalized spacial score (nSPS) is 13.5. The van der Waals surface area contributed by atoms with Gasteiger partial charge in [0.1, 0.15) is 30.0 Å². The van der Waals surface area contributed by atoms with Crippen LogP contribution in [0.2, 0.25) is 0 Å². The van der Waals surface area contributed by atoms with Crippen LogP contribution >= 0.6 is 0 Å². The molecular weight excluding hydrogens is 449 g/mol. The van der Waals surface area contributed by atoms with Gasteiger partial charge in [0.05, 0.1) is 5.56 Å². The highest BCUT2D eigenvalue weighted by Crippen LogP contribution is 2.21. The number of pyridine rings is 1. The van der Waals surface area contributed by atoms with Crippen molar-refractivity contribution in [2.45, 2.75) is 0 Å². The van der Waals surface area contributed by atoms with E-state index in [-0.39, 0.29) is 23.1 Å². The van der Waals surface area contributed by atoms with Gasteiger partial charge in [-0.1, -0.05) is 18.2 Å². The molecular formula is C25H22FN7O2. The fraction of sp³-hybridized carbons (Fsp3) is 0.160. The van der Waals surface area contributed by atoms with Gasteiger partial charge < -0.3 is 15.1 Å². The molecule has 0 saturated carbocycles. The summed E-state index contributed by atoms with van der Waals surface area (Å²) >= 11 is 0. The van der Waals surface area contributed by atoms with Crippen molar-refractivity contribution in [1.82, 2.24) is 24.6 Å². The molecule has 176 valence electrons. The smallest absolute Gasteiger partial charge is 0.274 e. The highest BCUT2D eigenvalue weighted by molar-refractivity contribution is 6.03. The number of anilines is 2. The van der Waals surface area contributed by atoms with Gasteiger partial charge in [0.2, 0.25) is 0 Å². The summed E-state index contributed by atoms with van der Waals surface area (Å²) in [5.41, 5.74) is 2.00. The van der Waals surface area contributed by atoms with Crippen molar-refractivity contribution in [2.24, 2.45) is 0 Å². The predicted molar refractivity (Wildman–Crippen MR) is 128 cm³/mol. The molecule has 0 aliphatic carbocycles. The number of aromatic nitrogens is 4. The number of hydrogen-bond acceptors (Lipinski definition) is 6. The van der Waals surface area contributed by atoms with Crippen molar-refractivity contribution < 1.29 is 14.0 Å². The number of piperazine rings is 1. The van der Waals surface area contributed by atoms with E-state index in [4.69, 9.17) is 0 Å². The highest BCUT2D eigenvalue weighted by Gasteiger charge is 2.24. The molecule has 0 atom stereocenters. The van der Waals surface area contributed by atoms with Crippen molar-refractivity contribution in [3.63, 3.8) is 0 Å². The van der Waals surface area contributed by atoms with Crippen LogP contribution in [0.1, 0.15) is 20.8 Å². The Morgan fingerprint density at radius 1 is 0.829 bits per heavy atom. The van der Waals surface area contributed by atoms with Gasteiger partial charge in [0, 0.05) is 37.6 Å². The summed E-state index contributed by atoms with van der Waals surface area (Å²) in [7, 11) is 0. The summed E-state index contributed by atoms with van der Waals surface area (Å²) < 4.78 is 15.6. The van der Waals surface area contributed by atoms with Crippen LogP contribution in [-0.2, 0) is 0 Å². The molecule has 1 aliphatic heterocycles. The van der Waals surface area contributed by atoms with Crippen LogP contribution in [0.25, 0.3) is 5.82 Å². The average molecular weight is 471 g/mol. The minimum absolute atomic E-state index is 0.0998. The molecule has 0 unspecified atom stereocenters. The zero-order chi connectivity index (χ0) is 24.2. The monoisotopic (exact) mass is 471 g/mol. The Labute approximate surface area is 200 Å². The Balaban J connectivity index is 1.19. The lowest BCUT2D eigenvalue weighted by Gasteiger charge is -2.36. The van der Waals surface area contributed by atoms with Crippen molar-refractivity contribution in [3.8, 4) is 5.82 Å². The number of carbonyl (C=O) groups is 2. The summed E-state index contributed by atoms with van der Waals surface area (Å²) in [6.07, 6.45) is 3.02. The molecule has 1 aliphatic rings. The molecule has 2 aromatic heterocycles. The van der Waals surface area contributed by atoms with E-state index in [0.717, 1.165) is 5.69 Å². The van der Waals surface area contributed by atoms with E-state index in [2.05, 4.69) is 25.4 Å². The third kappa shape index (κ3) is 4.86. The Morgan fingerprint density at radius 3 is 2.26 bits per heavy atom. The molecule has 2 aromatic carbocycles. The molecule has 5 rings (SSSR count). The number of nitrogens with zero attached hydrogens (tertiary/aromatic N) is 6. The Hall–Kier alpha value is -4.60. The standard InChI is InChI=1S/C25H22FN7O2/c26-21-5-2-1-4-20(21)25(35)32-14-12-31(13-15-32)19-10-8-18(9-11-19)29-24(34)22-6-3-7-23(30-22)33-16-27-28-17-33/h1-11,16-17H,12-15H2,(H,29,34). The second-order valence-electron chi connectivity index (χ2n) is 8.01. The summed E-state index contributed by atoms with van der Waals surface area (Å²) in [4.78, 5) is 33.5. The maximum Gasteiger partial charge on any atom is 0.274 e. The van der Waals surface area contributed by atoms with E-state index >= 15 is 0 Å². The molecule has 1 N–H and O–H groups in total. The Morgan fingerprint density at radius 2 is 1.54 bits per heavy atom. The quantitative estimate of drug-likeness (QED) is 0.481. The molecule has 1 fully saturated rings.